The van der Waals surface area contributed by atoms with Gasteiger partial charge in [0.2, 0.25) is 0 Å². The summed E-state index contributed by atoms with van der Waals surface area (Å²) in [6, 6.07) is -0.419. The van der Waals surface area contributed by atoms with Crippen LogP contribution in [0.5, 0.6) is 0 Å². The third-order valence-electron chi connectivity index (χ3n) is 1.48. The average Bonchev–Trinajstić information content (AvgIpc) is 1.97. The van der Waals surface area contributed by atoms with Gasteiger partial charge in [-0.15, -0.1) is 0 Å². The number of hydrogen-bond acceptors (Lipinski definition) is 5. The molecule has 0 spiro atoms. The van der Waals surface area contributed by atoms with Crippen molar-refractivity contribution < 1.29 is 18.7 Å². The van der Waals surface area contributed by atoms with E-state index in [1.54, 1.807) is 6.92 Å². The molecule has 0 aliphatic heterocycles. The fourth-order valence-corrected chi connectivity index (χ4v) is 0.975. The third kappa shape index (κ3) is 5.69. The molecule has 0 aromatic heterocycles. The average molecular weight is 196 g/mol. The van der Waals surface area contributed by atoms with Crippen molar-refractivity contribution in [2.75, 3.05) is 20.4 Å². The lowest BCUT2D eigenvalue weighted by Crippen LogP contribution is -2.38. The maximum Gasteiger partial charge on any atom is 0.131 e. The van der Waals surface area contributed by atoms with Gasteiger partial charge >= 0.3 is 0 Å². The van der Waals surface area contributed by atoms with Crippen LogP contribution in [0.2, 0.25) is 0 Å². The molecular weight excluding hydrogens is 181 g/mol. The number of rotatable bonds is 5. The summed E-state index contributed by atoms with van der Waals surface area (Å²) in [5, 5.41) is 0. The van der Waals surface area contributed by atoms with Gasteiger partial charge in [0.1, 0.15) is 7.60 Å². The Balaban J connectivity index is 3.71. The molecule has 0 fully saturated rings. The standard InChI is InChI=1S/C6H16NO4P/c1-5(10-2)6(7)4-11-12(3,8)9/h5-6H,4,7H2,1-3H3,(H,8,9)/p-1. The van der Waals surface area contributed by atoms with Crippen molar-refractivity contribution in [1.29, 1.82) is 0 Å². The highest BCUT2D eigenvalue weighted by Gasteiger charge is 2.13. The smallest absolute Gasteiger partial charge is 0.131 e. The van der Waals surface area contributed by atoms with Crippen LogP contribution < -0.4 is 10.6 Å². The Kier molecular flexibility index (Phi) is 4.97. The molecule has 5 nitrogen and oxygen atoms in total. The molecule has 6 heteroatoms. The van der Waals surface area contributed by atoms with E-state index in [0.29, 0.717) is 0 Å². The molecular formula is C6H15NO4P-. The van der Waals surface area contributed by atoms with E-state index in [2.05, 4.69) is 4.52 Å². The first kappa shape index (κ1) is 12.1. The summed E-state index contributed by atoms with van der Waals surface area (Å²) < 4.78 is 19.9. The largest absolute Gasteiger partial charge is 0.779 e. The van der Waals surface area contributed by atoms with E-state index in [1.165, 1.54) is 7.11 Å². The molecule has 12 heavy (non-hydrogen) atoms. The zero-order valence-corrected chi connectivity index (χ0v) is 8.41. The Morgan fingerprint density at radius 1 is 1.67 bits per heavy atom. The number of ether oxygens (including phenoxy) is 1. The third-order valence-corrected chi connectivity index (χ3v) is 2.09. The number of nitrogens with two attached hydrogens (primary N) is 1. The van der Waals surface area contributed by atoms with Crippen molar-refractivity contribution in [2.24, 2.45) is 5.73 Å². The van der Waals surface area contributed by atoms with E-state index >= 15 is 0 Å². The zero-order valence-electron chi connectivity index (χ0n) is 7.52. The highest BCUT2D eigenvalue weighted by Crippen LogP contribution is 2.30. The van der Waals surface area contributed by atoms with Gasteiger partial charge < -0.3 is 24.5 Å². The zero-order chi connectivity index (χ0) is 9.78. The lowest BCUT2D eigenvalue weighted by molar-refractivity contribution is -0.197. The minimum absolute atomic E-state index is 0.0354. The molecule has 0 aliphatic rings. The monoisotopic (exact) mass is 196 g/mol. The molecule has 0 radical (unpaired) electrons. The second-order valence-electron chi connectivity index (χ2n) is 2.67. The van der Waals surface area contributed by atoms with Gasteiger partial charge in [0.15, 0.2) is 0 Å². The Morgan fingerprint density at radius 3 is 2.50 bits per heavy atom. The van der Waals surface area contributed by atoms with Crippen molar-refractivity contribution in [1.82, 2.24) is 0 Å². The Bertz CT molecular complexity index is 169. The summed E-state index contributed by atoms with van der Waals surface area (Å²) in [7, 11) is -2.15. The first-order chi connectivity index (χ1) is 5.37. The van der Waals surface area contributed by atoms with E-state index in [1.807, 2.05) is 0 Å². The molecule has 0 rings (SSSR count). The molecule has 0 bridgehead atoms. The van der Waals surface area contributed by atoms with Gasteiger partial charge in [-0.3, -0.25) is 0 Å². The Morgan fingerprint density at radius 2 is 2.17 bits per heavy atom. The molecule has 0 saturated carbocycles. The van der Waals surface area contributed by atoms with Crippen LogP contribution in [-0.4, -0.2) is 32.5 Å². The highest BCUT2D eigenvalue weighted by atomic mass is 31.2. The summed E-state index contributed by atoms with van der Waals surface area (Å²) in [4.78, 5) is 10.6. The summed E-state index contributed by atoms with van der Waals surface area (Å²) in [5.74, 6) is 0. The molecule has 2 N–H and O–H groups in total. The second-order valence-corrected chi connectivity index (χ2v) is 4.47. The molecule has 0 amide bonds. The molecule has 0 saturated heterocycles. The van der Waals surface area contributed by atoms with Crippen LogP contribution in [0, 0.1) is 0 Å². The van der Waals surface area contributed by atoms with Gasteiger partial charge in [-0.1, -0.05) is 0 Å². The SMILES string of the molecule is COC(C)C(N)COP(C)(=O)[O-]. The van der Waals surface area contributed by atoms with Crippen LogP contribution in [-0.2, 0) is 13.8 Å². The van der Waals surface area contributed by atoms with Crippen molar-refractivity contribution in [2.45, 2.75) is 19.1 Å². The molecule has 0 heterocycles. The maximum absolute atomic E-state index is 10.6. The van der Waals surface area contributed by atoms with Crippen molar-refractivity contribution in [3.63, 3.8) is 0 Å². The van der Waals surface area contributed by atoms with Crippen LogP contribution in [0.4, 0.5) is 0 Å². The molecule has 74 valence electrons. The minimum Gasteiger partial charge on any atom is -0.779 e. The van der Waals surface area contributed by atoms with Crippen LogP contribution in [0.15, 0.2) is 0 Å². The number of hydrogen-bond donors (Lipinski definition) is 1. The van der Waals surface area contributed by atoms with Gasteiger partial charge in [0.25, 0.3) is 0 Å². The summed E-state index contributed by atoms with van der Waals surface area (Å²) in [6.45, 7) is 2.73. The van der Waals surface area contributed by atoms with Crippen molar-refractivity contribution >= 4 is 7.60 Å². The fourth-order valence-electron chi connectivity index (χ4n) is 0.532. The van der Waals surface area contributed by atoms with E-state index in [-0.39, 0.29) is 12.7 Å². The van der Waals surface area contributed by atoms with Crippen LogP contribution in [0.3, 0.4) is 0 Å². The molecule has 3 atom stereocenters. The van der Waals surface area contributed by atoms with Gasteiger partial charge in [0, 0.05) is 13.8 Å². The van der Waals surface area contributed by atoms with Crippen LogP contribution in [0.25, 0.3) is 0 Å². The second kappa shape index (κ2) is 4.94. The van der Waals surface area contributed by atoms with E-state index < -0.39 is 13.6 Å². The Hall–Kier alpha value is 0.0700. The van der Waals surface area contributed by atoms with Crippen molar-refractivity contribution in [3.05, 3.63) is 0 Å². The normalized spacial score (nSPS) is 21.4. The highest BCUT2D eigenvalue weighted by molar-refractivity contribution is 7.50. The Labute approximate surface area is 72.4 Å². The topological polar surface area (TPSA) is 84.6 Å². The van der Waals surface area contributed by atoms with Gasteiger partial charge in [0.05, 0.1) is 18.8 Å². The molecule has 0 aromatic carbocycles. The first-order valence-electron chi connectivity index (χ1n) is 3.58. The fraction of sp³-hybridized carbons (Fsp3) is 1.00. The molecule has 3 unspecified atom stereocenters. The number of methoxy groups -OCH3 is 1. The predicted octanol–water partition coefficient (Wildman–Crippen LogP) is -0.452. The quantitative estimate of drug-likeness (QED) is 0.602. The summed E-state index contributed by atoms with van der Waals surface area (Å²) in [5.41, 5.74) is 5.52. The van der Waals surface area contributed by atoms with E-state index in [0.717, 1.165) is 6.66 Å². The van der Waals surface area contributed by atoms with E-state index in [9.17, 15) is 9.46 Å². The van der Waals surface area contributed by atoms with Gasteiger partial charge in [-0.05, 0) is 6.92 Å². The van der Waals surface area contributed by atoms with Crippen molar-refractivity contribution in [3.8, 4) is 0 Å². The first-order valence-corrected chi connectivity index (χ1v) is 5.57. The molecule has 0 aliphatic carbocycles. The minimum atomic E-state index is -3.66. The van der Waals surface area contributed by atoms with Crippen LogP contribution in [0.1, 0.15) is 6.92 Å². The predicted molar refractivity (Wildman–Crippen MR) is 43.9 cm³/mol. The molecule has 0 aromatic rings. The lowest BCUT2D eigenvalue weighted by Gasteiger charge is -2.23. The maximum atomic E-state index is 10.6. The lowest BCUT2D eigenvalue weighted by atomic mass is 10.2. The van der Waals surface area contributed by atoms with E-state index in [4.69, 9.17) is 10.5 Å². The van der Waals surface area contributed by atoms with Gasteiger partial charge in [-0.2, -0.15) is 0 Å². The van der Waals surface area contributed by atoms with Gasteiger partial charge in [-0.25, -0.2) is 0 Å². The summed E-state index contributed by atoms with van der Waals surface area (Å²) in [6.07, 6.45) is -0.212. The van der Waals surface area contributed by atoms with Crippen LogP contribution >= 0.6 is 7.60 Å². The summed E-state index contributed by atoms with van der Waals surface area (Å²) >= 11 is 0.